The molecule has 0 fully saturated rings. The normalized spacial score (nSPS) is 13.8. The lowest BCUT2D eigenvalue weighted by atomic mass is 9.93. The number of fused-ring (bicyclic) bond motifs is 3. The summed E-state index contributed by atoms with van der Waals surface area (Å²) in [6.07, 6.45) is -4.96. The Morgan fingerprint density at radius 1 is 0.839 bits per heavy atom. The Balaban J connectivity index is 1.44. The Bertz CT molecular complexity index is 2500. The highest BCUT2D eigenvalue weighted by molar-refractivity contribution is 6.31. The van der Waals surface area contributed by atoms with Crippen molar-refractivity contribution in [2.45, 2.75) is 25.3 Å². The van der Waals surface area contributed by atoms with Crippen LogP contribution >= 0.6 is 23.2 Å². The van der Waals surface area contributed by atoms with Gasteiger partial charge < -0.3 is 25.0 Å². The molecule has 1 aromatic heterocycles. The Kier molecular flexibility index (Phi) is 10.4. The van der Waals surface area contributed by atoms with Crippen LogP contribution in [0.4, 0.5) is 33.5 Å². The molecule has 2 heterocycles. The summed E-state index contributed by atoms with van der Waals surface area (Å²) in [4.78, 5) is 38.9. The van der Waals surface area contributed by atoms with E-state index in [-0.39, 0.29) is 68.6 Å². The number of aromatic nitrogens is 2. The van der Waals surface area contributed by atoms with Crippen molar-refractivity contribution in [3.8, 4) is 11.5 Å². The van der Waals surface area contributed by atoms with Crippen molar-refractivity contribution in [1.82, 2.24) is 14.9 Å². The molecule has 1 unspecified atom stereocenters. The van der Waals surface area contributed by atoms with E-state index in [2.05, 4.69) is 20.6 Å². The monoisotopic (exact) mass is 807 g/mol. The molecule has 1 atom stereocenters. The molecule has 56 heavy (non-hydrogen) atoms. The van der Waals surface area contributed by atoms with E-state index in [0.29, 0.717) is 29.2 Å². The first-order chi connectivity index (χ1) is 26.7. The predicted octanol–water partition coefficient (Wildman–Crippen LogP) is 9.86. The van der Waals surface area contributed by atoms with E-state index >= 15 is 4.39 Å². The smallest absolute Gasteiger partial charge is 0.416 e. The van der Waals surface area contributed by atoms with E-state index in [1.807, 2.05) is 12.1 Å². The number of halogens is 7. The maximum Gasteiger partial charge on any atom is 0.416 e. The van der Waals surface area contributed by atoms with Gasteiger partial charge in [0.15, 0.2) is 0 Å². The van der Waals surface area contributed by atoms with Crippen molar-refractivity contribution in [3.63, 3.8) is 0 Å². The summed E-state index contributed by atoms with van der Waals surface area (Å²) in [6, 6.07) is 19.2. The van der Waals surface area contributed by atoms with Crippen LogP contribution in [0.5, 0.6) is 11.5 Å². The van der Waals surface area contributed by atoms with Crippen LogP contribution in [0.15, 0.2) is 91.0 Å². The maximum atomic E-state index is 15.0. The highest BCUT2D eigenvalue weighted by Gasteiger charge is 2.43. The lowest BCUT2D eigenvalue weighted by molar-refractivity contribution is -0.137. The van der Waals surface area contributed by atoms with Crippen LogP contribution in [0.25, 0.3) is 10.9 Å². The molecule has 0 bridgehead atoms. The fraction of sp³-hybridized carbons (Fsp3) is 0.150. The molecule has 5 aromatic carbocycles. The zero-order valence-corrected chi connectivity index (χ0v) is 30.8. The van der Waals surface area contributed by atoms with Gasteiger partial charge in [-0.25, -0.2) is 18.7 Å². The van der Waals surface area contributed by atoms with E-state index in [9.17, 15) is 27.2 Å². The molecule has 0 saturated heterocycles. The minimum Gasteiger partial charge on any atom is -0.497 e. The highest BCUT2D eigenvalue weighted by Crippen LogP contribution is 2.49. The number of nitrogens with zero attached hydrogens (tertiary/aromatic N) is 3. The average Bonchev–Trinajstić information content (AvgIpc) is 3.46. The minimum atomic E-state index is -4.96. The summed E-state index contributed by atoms with van der Waals surface area (Å²) in [7, 11) is 3.03. The summed E-state index contributed by atoms with van der Waals surface area (Å²) >= 11 is 13.2. The van der Waals surface area contributed by atoms with Gasteiger partial charge in [-0.3, -0.25) is 9.59 Å². The van der Waals surface area contributed by atoms with Crippen LogP contribution in [0, 0.1) is 11.6 Å². The summed E-state index contributed by atoms with van der Waals surface area (Å²) in [5.41, 5.74) is -0.495. The van der Waals surface area contributed by atoms with E-state index < -0.39 is 46.8 Å². The van der Waals surface area contributed by atoms with Gasteiger partial charge in [-0.15, -0.1) is 0 Å². The van der Waals surface area contributed by atoms with Crippen molar-refractivity contribution in [3.05, 3.63) is 152 Å². The molecular weight excluding hydrogens is 780 g/mol. The van der Waals surface area contributed by atoms with Crippen LogP contribution in [0.3, 0.4) is 0 Å². The second-order valence-electron chi connectivity index (χ2n) is 12.7. The second kappa shape index (κ2) is 15.3. The van der Waals surface area contributed by atoms with E-state index in [0.717, 1.165) is 17.7 Å². The van der Waals surface area contributed by atoms with Gasteiger partial charge in [0.2, 0.25) is 5.28 Å². The quantitative estimate of drug-likeness (QED) is 0.105. The molecule has 1 aliphatic heterocycles. The van der Waals surface area contributed by atoms with Crippen LogP contribution < -0.4 is 20.1 Å². The van der Waals surface area contributed by atoms with Crippen molar-refractivity contribution in [2.75, 3.05) is 24.9 Å². The molecule has 1 aliphatic rings. The molecule has 9 nitrogen and oxygen atoms in total. The summed E-state index contributed by atoms with van der Waals surface area (Å²) < 4.78 is 81.1. The number of methoxy groups -OCH3 is 2. The lowest BCUT2D eigenvalue weighted by Gasteiger charge is -2.28. The van der Waals surface area contributed by atoms with Crippen molar-refractivity contribution < 1.29 is 41.0 Å². The fourth-order valence-corrected chi connectivity index (χ4v) is 6.95. The number of ether oxygens (including phenoxy) is 2. The Morgan fingerprint density at radius 2 is 1.50 bits per heavy atom. The zero-order valence-electron chi connectivity index (χ0n) is 29.3. The fourth-order valence-electron chi connectivity index (χ4n) is 6.56. The molecule has 2 amide bonds. The van der Waals surface area contributed by atoms with E-state index in [1.54, 1.807) is 36.4 Å². The van der Waals surface area contributed by atoms with E-state index in [4.69, 9.17) is 32.7 Å². The van der Waals surface area contributed by atoms with Gasteiger partial charge in [0.1, 0.15) is 29.0 Å². The van der Waals surface area contributed by atoms with Crippen LogP contribution in [0.2, 0.25) is 10.3 Å². The van der Waals surface area contributed by atoms with E-state index in [1.165, 1.54) is 31.3 Å². The number of rotatable bonds is 10. The molecular formula is C40H28Cl2F5N5O4. The third-order valence-corrected chi connectivity index (χ3v) is 9.70. The molecule has 0 radical (unpaired) electrons. The number of hydrogen-bond donors (Lipinski definition) is 2. The average molecular weight is 809 g/mol. The number of anilines is 2. The van der Waals surface area contributed by atoms with Crippen LogP contribution in [0.1, 0.15) is 54.6 Å². The number of benzene rings is 5. The standard InChI is InChI=1S/C40H28Cl2F5N5O4/c1-55-26-8-3-20(4-9-26)18-48-36-29-17-31(49-37(53)22-13-23(40(45,46)47)15-25(44)14-22)32-33(34(29)50-39(42)51-36)38(54)52(19-21-5-10-27(56-2)11-6-21)35(32)28-16-24(43)7-12-30(28)41/h3-17,35H,18-19H2,1-2H3,(H,49,53)(H,48,50,51). The maximum absolute atomic E-state index is 15.0. The van der Waals surface area contributed by atoms with Gasteiger partial charge in [-0.05, 0) is 89.5 Å². The van der Waals surface area contributed by atoms with Gasteiger partial charge in [0.25, 0.3) is 11.8 Å². The number of alkyl halides is 3. The molecule has 7 rings (SSSR count). The largest absolute Gasteiger partial charge is 0.497 e. The predicted molar refractivity (Wildman–Crippen MR) is 200 cm³/mol. The second-order valence-corrected chi connectivity index (χ2v) is 13.4. The highest BCUT2D eigenvalue weighted by atomic mass is 35.5. The zero-order chi connectivity index (χ0) is 39.9. The van der Waals surface area contributed by atoms with Gasteiger partial charge in [-0.2, -0.15) is 13.2 Å². The SMILES string of the molecule is COc1ccc(CNc2nc(Cl)nc3c4c(c(NC(=O)c5cc(F)cc(C(F)(F)F)c5)cc23)C(c2cc(F)ccc2Cl)N(Cc2ccc(OC)cc2)C4=O)cc1. The lowest BCUT2D eigenvalue weighted by Crippen LogP contribution is -2.29. The first-order valence-electron chi connectivity index (χ1n) is 16.7. The molecule has 0 spiro atoms. The first kappa shape index (κ1) is 38.3. The summed E-state index contributed by atoms with van der Waals surface area (Å²) in [6.45, 7) is 0.137. The van der Waals surface area contributed by atoms with Crippen molar-refractivity contribution in [2.24, 2.45) is 0 Å². The van der Waals surface area contributed by atoms with Crippen molar-refractivity contribution >= 4 is 57.4 Å². The number of amides is 2. The van der Waals surface area contributed by atoms with Gasteiger partial charge in [-0.1, -0.05) is 35.9 Å². The number of carbonyl (C=O) groups is 2. The van der Waals surface area contributed by atoms with Crippen LogP contribution in [-0.4, -0.2) is 40.9 Å². The Morgan fingerprint density at radius 3 is 2.14 bits per heavy atom. The van der Waals surface area contributed by atoms with Crippen molar-refractivity contribution in [1.29, 1.82) is 0 Å². The molecule has 2 N–H and O–H groups in total. The van der Waals surface area contributed by atoms with Gasteiger partial charge in [0.05, 0.1) is 36.9 Å². The topological polar surface area (TPSA) is 106 Å². The third-order valence-electron chi connectivity index (χ3n) is 9.18. The molecule has 6 aromatic rings. The summed E-state index contributed by atoms with van der Waals surface area (Å²) in [5.74, 6) is -2.42. The number of hydrogen-bond acceptors (Lipinski definition) is 7. The van der Waals surface area contributed by atoms with Gasteiger partial charge in [0, 0.05) is 45.9 Å². The molecule has 0 saturated carbocycles. The molecule has 0 aliphatic carbocycles. The summed E-state index contributed by atoms with van der Waals surface area (Å²) in [5, 5.41) is 5.80. The van der Waals surface area contributed by atoms with Crippen LogP contribution in [-0.2, 0) is 19.3 Å². The first-order valence-corrected chi connectivity index (χ1v) is 17.5. The molecule has 16 heteroatoms. The Labute approximate surface area is 326 Å². The number of carbonyl (C=O) groups excluding carboxylic acids is 2. The van der Waals surface area contributed by atoms with Gasteiger partial charge >= 0.3 is 6.18 Å². The number of nitrogens with one attached hydrogen (secondary N) is 2. The minimum absolute atomic E-state index is 0.0556. The third kappa shape index (κ3) is 7.62. The Hall–Kier alpha value is -5.99. The molecule has 286 valence electrons.